The minimum atomic E-state index is -0.493. The molecule has 2 N–H and O–H groups in total. The molecular formula is C17H21N5O3. The summed E-state index contributed by atoms with van der Waals surface area (Å²) in [5, 5.41) is 10.0. The summed E-state index contributed by atoms with van der Waals surface area (Å²) in [7, 11) is 1.30. The van der Waals surface area contributed by atoms with Gasteiger partial charge in [0, 0.05) is 24.0 Å². The summed E-state index contributed by atoms with van der Waals surface area (Å²) in [6.45, 7) is 4.58. The normalized spacial score (nSPS) is 16.8. The van der Waals surface area contributed by atoms with E-state index >= 15 is 0 Å². The van der Waals surface area contributed by atoms with Crippen molar-refractivity contribution in [3.63, 3.8) is 0 Å². The van der Waals surface area contributed by atoms with Gasteiger partial charge >= 0.3 is 12.0 Å². The number of ether oxygens (including phenoxy) is 1. The molecule has 0 saturated carbocycles. The molecule has 2 aromatic rings. The largest absolute Gasteiger partial charge is 0.465 e. The number of amides is 2. The Bertz CT molecular complexity index is 782. The van der Waals surface area contributed by atoms with E-state index in [-0.39, 0.29) is 12.1 Å². The van der Waals surface area contributed by atoms with Crippen LogP contribution < -0.4 is 5.32 Å². The minimum absolute atomic E-state index is 0.00417. The van der Waals surface area contributed by atoms with E-state index in [1.165, 1.54) is 19.5 Å². The van der Waals surface area contributed by atoms with Crippen LogP contribution in [0.2, 0.25) is 0 Å². The Balaban J connectivity index is 1.78. The summed E-state index contributed by atoms with van der Waals surface area (Å²) in [6.07, 6.45) is 4.74. The van der Waals surface area contributed by atoms with Crippen LogP contribution in [0.15, 0.2) is 18.5 Å². The minimum Gasteiger partial charge on any atom is -0.465 e. The zero-order valence-electron chi connectivity index (χ0n) is 14.5. The molecule has 1 aliphatic rings. The third-order valence-electron chi connectivity index (χ3n) is 4.44. The van der Waals surface area contributed by atoms with Gasteiger partial charge in [-0.15, -0.1) is 0 Å². The number of likely N-dealkylation sites (tertiary alicyclic amines) is 1. The van der Waals surface area contributed by atoms with Crippen molar-refractivity contribution in [2.75, 3.05) is 19.0 Å². The van der Waals surface area contributed by atoms with Gasteiger partial charge in [0.1, 0.15) is 0 Å². The van der Waals surface area contributed by atoms with Crippen LogP contribution in [0.25, 0.3) is 0 Å². The van der Waals surface area contributed by atoms with E-state index in [0.29, 0.717) is 17.8 Å². The molecule has 0 spiro atoms. The molecule has 132 valence electrons. The van der Waals surface area contributed by atoms with E-state index in [9.17, 15) is 9.59 Å². The second-order valence-electron chi connectivity index (χ2n) is 6.08. The van der Waals surface area contributed by atoms with E-state index in [4.69, 9.17) is 0 Å². The molecule has 2 aromatic heterocycles. The molecule has 1 saturated heterocycles. The number of aromatic nitrogens is 3. The smallest absolute Gasteiger partial charge is 0.339 e. The fraction of sp³-hybridized carbons (Fsp3) is 0.412. The molecule has 0 aliphatic carbocycles. The highest BCUT2D eigenvalue weighted by Crippen LogP contribution is 2.35. The number of rotatable bonds is 3. The number of methoxy groups -OCH3 is 1. The number of nitrogens with one attached hydrogen (secondary N) is 2. The van der Waals surface area contributed by atoms with Crippen molar-refractivity contribution < 1.29 is 14.3 Å². The highest BCUT2D eigenvalue weighted by atomic mass is 16.5. The van der Waals surface area contributed by atoms with Crippen LogP contribution in [0.3, 0.4) is 0 Å². The van der Waals surface area contributed by atoms with E-state index < -0.39 is 5.97 Å². The van der Waals surface area contributed by atoms with E-state index in [1.807, 2.05) is 13.8 Å². The predicted octanol–water partition coefficient (Wildman–Crippen LogP) is 2.58. The second kappa shape index (κ2) is 6.92. The van der Waals surface area contributed by atoms with Crippen LogP contribution in [0, 0.1) is 13.8 Å². The standard InChI is InChI=1S/C17H21N5O3/c1-10-15(11(2)21-20-10)14-5-4-6-22(14)17(24)19-13-7-12(8-18-9-13)16(23)25-3/h7-9,14H,4-6H2,1-3H3,(H,19,24)(H,20,21)/t14-/m0/s1. The monoisotopic (exact) mass is 343 g/mol. The Morgan fingerprint density at radius 1 is 1.36 bits per heavy atom. The lowest BCUT2D eigenvalue weighted by molar-refractivity contribution is 0.0600. The van der Waals surface area contributed by atoms with Crippen molar-refractivity contribution in [1.82, 2.24) is 20.1 Å². The Hall–Kier alpha value is -2.90. The van der Waals surface area contributed by atoms with Crippen molar-refractivity contribution >= 4 is 17.7 Å². The number of carbonyl (C=O) groups excluding carboxylic acids is 2. The molecule has 25 heavy (non-hydrogen) atoms. The van der Waals surface area contributed by atoms with E-state index in [0.717, 1.165) is 29.8 Å². The lowest BCUT2D eigenvalue weighted by Crippen LogP contribution is -2.34. The van der Waals surface area contributed by atoms with Crippen molar-refractivity contribution in [3.05, 3.63) is 41.0 Å². The third-order valence-corrected chi connectivity index (χ3v) is 4.44. The summed E-state index contributed by atoms with van der Waals surface area (Å²) in [5.74, 6) is -0.493. The Kier molecular flexibility index (Phi) is 4.69. The maximum atomic E-state index is 12.7. The van der Waals surface area contributed by atoms with Gasteiger partial charge in [0.05, 0.1) is 36.3 Å². The van der Waals surface area contributed by atoms with E-state index in [2.05, 4.69) is 25.2 Å². The number of urea groups is 1. The molecule has 1 aliphatic heterocycles. The van der Waals surface area contributed by atoms with Crippen LogP contribution in [-0.2, 0) is 4.74 Å². The SMILES string of the molecule is COC(=O)c1cncc(NC(=O)N2CCC[C@H]2c2c(C)n[nH]c2C)c1. The molecule has 0 aromatic carbocycles. The number of aromatic amines is 1. The van der Waals surface area contributed by atoms with Crippen LogP contribution in [0.5, 0.6) is 0 Å². The summed E-state index contributed by atoms with van der Waals surface area (Å²) in [6, 6.07) is 1.33. The first-order valence-corrected chi connectivity index (χ1v) is 8.13. The number of nitrogens with zero attached hydrogens (tertiary/aromatic N) is 3. The summed E-state index contributed by atoms with van der Waals surface area (Å²) in [5.41, 5.74) is 3.72. The Labute approximate surface area is 145 Å². The fourth-order valence-corrected chi connectivity index (χ4v) is 3.29. The topological polar surface area (TPSA) is 100 Å². The van der Waals surface area contributed by atoms with Crippen molar-refractivity contribution in [1.29, 1.82) is 0 Å². The van der Waals surface area contributed by atoms with Crippen LogP contribution in [0.4, 0.5) is 10.5 Å². The van der Waals surface area contributed by atoms with Gasteiger partial charge in [0.2, 0.25) is 0 Å². The average Bonchev–Trinajstić information content (AvgIpc) is 3.20. The van der Waals surface area contributed by atoms with Crippen molar-refractivity contribution in [3.8, 4) is 0 Å². The number of esters is 1. The molecular weight excluding hydrogens is 322 g/mol. The highest BCUT2D eigenvalue weighted by molar-refractivity contribution is 5.93. The molecule has 2 amide bonds. The number of H-pyrrole nitrogens is 1. The van der Waals surface area contributed by atoms with Crippen LogP contribution >= 0.6 is 0 Å². The number of hydrogen-bond acceptors (Lipinski definition) is 5. The Morgan fingerprint density at radius 2 is 2.16 bits per heavy atom. The number of carbonyl (C=O) groups is 2. The summed E-state index contributed by atoms with van der Waals surface area (Å²) in [4.78, 5) is 30.1. The molecule has 1 atom stereocenters. The molecule has 8 nitrogen and oxygen atoms in total. The average molecular weight is 343 g/mol. The number of anilines is 1. The maximum absolute atomic E-state index is 12.7. The maximum Gasteiger partial charge on any atom is 0.339 e. The molecule has 3 rings (SSSR count). The van der Waals surface area contributed by atoms with Gasteiger partial charge in [-0.3, -0.25) is 10.1 Å². The quantitative estimate of drug-likeness (QED) is 0.834. The van der Waals surface area contributed by atoms with Gasteiger partial charge in [-0.2, -0.15) is 5.10 Å². The first-order chi connectivity index (χ1) is 12.0. The van der Waals surface area contributed by atoms with Crippen LogP contribution in [0.1, 0.15) is 46.2 Å². The van der Waals surface area contributed by atoms with E-state index in [1.54, 1.807) is 11.0 Å². The number of aryl methyl sites for hydroxylation is 2. The van der Waals surface area contributed by atoms with Gasteiger partial charge in [-0.25, -0.2) is 9.59 Å². The predicted molar refractivity (Wildman–Crippen MR) is 91.3 cm³/mol. The van der Waals surface area contributed by atoms with Gasteiger partial charge < -0.3 is 15.0 Å². The molecule has 0 unspecified atom stereocenters. The number of hydrogen-bond donors (Lipinski definition) is 2. The summed E-state index contributed by atoms with van der Waals surface area (Å²) >= 11 is 0. The molecule has 8 heteroatoms. The first-order valence-electron chi connectivity index (χ1n) is 8.13. The molecule has 1 fully saturated rings. The van der Waals surface area contributed by atoms with Gasteiger partial charge in [0.25, 0.3) is 0 Å². The zero-order valence-corrected chi connectivity index (χ0v) is 14.5. The second-order valence-corrected chi connectivity index (χ2v) is 6.08. The molecule has 0 radical (unpaired) electrons. The van der Waals surface area contributed by atoms with Crippen LogP contribution in [-0.4, -0.2) is 45.7 Å². The Morgan fingerprint density at radius 3 is 2.84 bits per heavy atom. The molecule has 3 heterocycles. The fourth-order valence-electron chi connectivity index (χ4n) is 3.29. The van der Waals surface area contributed by atoms with Gasteiger partial charge in [-0.1, -0.05) is 0 Å². The van der Waals surface area contributed by atoms with Crippen molar-refractivity contribution in [2.45, 2.75) is 32.7 Å². The number of pyridine rings is 1. The third kappa shape index (κ3) is 3.33. The zero-order chi connectivity index (χ0) is 18.0. The van der Waals surface area contributed by atoms with Gasteiger partial charge in [-0.05, 0) is 32.8 Å². The lowest BCUT2D eigenvalue weighted by Gasteiger charge is -2.25. The lowest BCUT2D eigenvalue weighted by atomic mass is 10.0. The summed E-state index contributed by atoms with van der Waals surface area (Å²) < 4.78 is 4.68. The highest BCUT2D eigenvalue weighted by Gasteiger charge is 2.33. The van der Waals surface area contributed by atoms with Gasteiger partial charge in [0.15, 0.2) is 0 Å². The van der Waals surface area contributed by atoms with Crippen molar-refractivity contribution in [2.24, 2.45) is 0 Å². The molecule has 0 bridgehead atoms. The first kappa shape index (κ1) is 16.9.